The smallest absolute Gasteiger partial charge is 0.341 e. The van der Waals surface area contributed by atoms with E-state index in [0.29, 0.717) is 5.75 Å². The Balaban J connectivity index is 2.09. The molecule has 0 amide bonds. The van der Waals surface area contributed by atoms with Gasteiger partial charge in [-0.15, -0.1) is 0 Å². The van der Waals surface area contributed by atoms with Gasteiger partial charge in [0.1, 0.15) is 5.75 Å². The van der Waals surface area contributed by atoms with Crippen molar-refractivity contribution in [2.45, 2.75) is 10.1 Å². The predicted octanol–water partition coefficient (Wildman–Crippen LogP) is 2.39. The van der Waals surface area contributed by atoms with Gasteiger partial charge in [0.2, 0.25) is 10.0 Å². The van der Waals surface area contributed by atoms with Gasteiger partial charge in [-0.1, -0.05) is 0 Å². The molecule has 28 heavy (non-hydrogen) atoms. The molecule has 0 heterocycles. The Morgan fingerprint density at radius 3 is 2.29 bits per heavy atom. The van der Waals surface area contributed by atoms with Crippen LogP contribution in [-0.4, -0.2) is 39.8 Å². The van der Waals surface area contributed by atoms with Crippen molar-refractivity contribution in [1.82, 2.24) is 4.72 Å². The van der Waals surface area contributed by atoms with E-state index in [-0.39, 0.29) is 17.0 Å². The second kappa shape index (κ2) is 9.22. The van der Waals surface area contributed by atoms with Gasteiger partial charge in [0.25, 0.3) is 0 Å². The molecule has 0 aliphatic heterocycles. The first-order valence-corrected chi connectivity index (χ1v) is 9.79. The summed E-state index contributed by atoms with van der Waals surface area (Å²) in [5.41, 5.74) is 0.0541. The van der Waals surface area contributed by atoms with Crippen LogP contribution < -0.4 is 14.2 Å². The highest BCUT2D eigenvalue weighted by molar-refractivity contribution is 7.89. The molecule has 1 atom stereocenters. The summed E-state index contributed by atoms with van der Waals surface area (Å²) in [5, 5.41) is 7.64. The molecule has 0 aromatic heterocycles. The topological polar surface area (TPSA) is 102 Å². The average Bonchev–Trinajstić information content (AvgIpc) is 2.65. The molecule has 11 heteroatoms. The molecule has 7 nitrogen and oxygen atoms in total. The molecule has 0 radical (unpaired) electrons. The molecule has 2 rings (SSSR count). The van der Waals surface area contributed by atoms with Crippen LogP contribution in [0, 0.1) is 11.6 Å². The van der Waals surface area contributed by atoms with Crippen LogP contribution in [0.2, 0.25) is 0 Å². The summed E-state index contributed by atoms with van der Waals surface area (Å²) in [6, 6.07) is 7.46. The van der Waals surface area contributed by atoms with Crippen molar-refractivity contribution < 1.29 is 36.6 Å². The standard InChI is InChI=1S/C17H17F2NO6S2/c1-25-11-2-4-12(5-3-11)28(23,24)20-8-15(27)10-6-13(18)17(14(19)7-10)26-9-16(21)22/h2-7,15,20,27H,8-9H2,1H3,(H,21,22). The highest BCUT2D eigenvalue weighted by Gasteiger charge is 2.20. The monoisotopic (exact) mass is 433 g/mol. The number of benzene rings is 2. The largest absolute Gasteiger partial charge is 0.497 e. The first kappa shape index (κ1) is 21.9. The molecule has 152 valence electrons. The Kier molecular flexibility index (Phi) is 7.22. The highest BCUT2D eigenvalue weighted by Crippen LogP contribution is 2.29. The zero-order valence-corrected chi connectivity index (χ0v) is 16.3. The van der Waals surface area contributed by atoms with Crippen LogP contribution in [0.25, 0.3) is 0 Å². The lowest BCUT2D eigenvalue weighted by Crippen LogP contribution is -2.27. The Hall–Kier alpha value is -2.37. The Morgan fingerprint density at radius 2 is 1.79 bits per heavy atom. The number of hydrogen-bond donors (Lipinski definition) is 3. The van der Waals surface area contributed by atoms with E-state index in [9.17, 15) is 22.0 Å². The van der Waals surface area contributed by atoms with Gasteiger partial charge in [0, 0.05) is 11.8 Å². The summed E-state index contributed by atoms with van der Waals surface area (Å²) in [6.07, 6.45) is 0. The van der Waals surface area contributed by atoms with Crippen molar-refractivity contribution in [1.29, 1.82) is 0 Å². The van der Waals surface area contributed by atoms with Gasteiger partial charge in [0.05, 0.1) is 12.0 Å². The maximum absolute atomic E-state index is 14.0. The number of nitrogens with one attached hydrogen (secondary N) is 1. The number of carbonyl (C=O) groups is 1. The fourth-order valence-electron chi connectivity index (χ4n) is 2.19. The normalized spacial score (nSPS) is 12.4. The van der Waals surface area contributed by atoms with Crippen molar-refractivity contribution >= 4 is 28.6 Å². The molecule has 0 fully saturated rings. The Morgan fingerprint density at radius 1 is 1.21 bits per heavy atom. The molecule has 0 saturated heterocycles. The molecule has 2 N–H and O–H groups in total. The number of rotatable bonds is 9. The van der Waals surface area contributed by atoms with Gasteiger partial charge < -0.3 is 14.6 Å². The molecule has 0 aliphatic rings. The van der Waals surface area contributed by atoms with E-state index < -0.39 is 45.2 Å². The number of thiol groups is 1. The lowest BCUT2D eigenvalue weighted by Gasteiger charge is -2.15. The average molecular weight is 433 g/mol. The number of methoxy groups -OCH3 is 1. The Labute approximate surface area is 165 Å². The van der Waals surface area contributed by atoms with E-state index >= 15 is 0 Å². The lowest BCUT2D eigenvalue weighted by molar-refractivity contribution is -0.139. The van der Waals surface area contributed by atoms with Gasteiger partial charge in [-0.2, -0.15) is 12.6 Å². The van der Waals surface area contributed by atoms with Crippen LogP contribution in [0.15, 0.2) is 41.3 Å². The molecule has 2 aromatic carbocycles. The SMILES string of the molecule is COc1ccc(S(=O)(=O)NCC(S)c2cc(F)c(OCC(=O)O)c(F)c2)cc1. The highest BCUT2D eigenvalue weighted by atomic mass is 32.2. The number of carboxylic acid groups (broad SMARTS) is 1. The third-order valence-corrected chi connectivity index (χ3v) is 5.50. The third kappa shape index (κ3) is 5.57. The number of ether oxygens (including phenoxy) is 2. The molecule has 2 aromatic rings. The first-order valence-electron chi connectivity index (χ1n) is 7.79. The molecule has 0 bridgehead atoms. The summed E-state index contributed by atoms with van der Waals surface area (Å²) in [5.74, 6) is -3.96. The van der Waals surface area contributed by atoms with Crippen molar-refractivity contribution in [3.05, 3.63) is 53.6 Å². The molecular formula is C17H17F2NO6S2. The predicted molar refractivity (Wildman–Crippen MR) is 99.4 cm³/mol. The van der Waals surface area contributed by atoms with Gasteiger partial charge >= 0.3 is 5.97 Å². The maximum Gasteiger partial charge on any atom is 0.341 e. The maximum atomic E-state index is 14.0. The van der Waals surface area contributed by atoms with Crippen LogP contribution in [0.5, 0.6) is 11.5 Å². The van der Waals surface area contributed by atoms with E-state index in [2.05, 4.69) is 22.1 Å². The molecule has 0 saturated carbocycles. The van der Waals surface area contributed by atoms with Crippen molar-refractivity contribution in [3.8, 4) is 11.5 Å². The summed E-state index contributed by atoms with van der Waals surface area (Å²) in [4.78, 5) is 10.4. The van der Waals surface area contributed by atoms with Gasteiger partial charge in [-0.05, 0) is 42.0 Å². The quantitative estimate of drug-likeness (QED) is 0.525. The Bertz CT molecular complexity index is 928. The van der Waals surface area contributed by atoms with Crippen LogP contribution >= 0.6 is 12.6 Å². The van der Waals surface area contributed by atoms with Gasteiger partial charge in [0.15, 0.2) is 24.0 Å². The second-order valence-corrected chi connectivity index (χ2v) is 7.93. The van der Waals surface area contributed by atoms with E-state index in [1.54, 1.807) is 0 Å². The lowest BCUT2D eigenvalue weighted by atomic mass is 10.1. The van der Waals surface area contributed by atoms with Crippen LogP contribution in [0.1, 0.15) is 10.8 Å². The van der Waals surface area contributed by atoms with Crippen molar-refractivity contribution in [2.75, 3.05) is 20.3 Å². The van der Waals surface area contributed by atoms with Crippen LogP contribution in [-0.2, 0) is 14.8 Å². The fraction of sp³-hybridized carbons (Fsp3) is 0.235. The minimum atomic E-state index is -3.87. The van der Waals surface area contributed by atoms with Gasteiger partial charge in [-0.3, -0.25) is 0 Å². The van der Waals surface area contributed by atoms with E-state index in [4.69, 9.17) is 9.84 Å². The number of aliphatic carboxylic acids is 1. The molecular weight excluding hydrogens is 416 g/mol. The minimum Gasteiger partial charge on any atom is -0.497 e. The van der Waals surface area contributed by atoms with E-state index in [1.165, 1.54) is 31.4 Å². The third-order valence-electron chi connectivity index (χ3n) is 3.58. The second-order valence-electron chi connectivity index (χ2n) is 5.54. The van der Waals surface area contributed by atoms with E-state index in [0.717, 1.165) is 12.1 Å². The number of hydrogen-bond acceptors (Lipinski definition) is 6. The number of carboxylic acids is 1. The minimum absolute atomic E-state index is 0.0105. The van der Waals surface area contributed by atoms with Crippen LogP contribution in [0.4, 0.5) is 8.78 Å². The number of sulfonamides is 1. The number of halogens is 2. The summed E-state index contributed by atoms with van der Waals surface area (Å²) >= 11 is 4.17. The summed E-state index contributed by atoms with van der Waals surface area (Å²) in [6.45, 7) is -1.15. The summed E-state index contributed by atoms with van der Waals surface area (Å²) in [7, 11) is -2.42. The van der Waals surface area contributed by atoms with Crippen LogP contribution in [0.3, 0.4) is 0 Å². The van der Waals surface area contributed by atoms with Crippen molar-refractivity contribution in [2.24, 2.45) is 0 Å². The summed E-state index contributed by atoms with van der Waals surface area (Å²) < 4.78 is 64.4. The first-order chi connectivity index (χ1) is 13.1. The van der Waals surface area contributed by atoms with Crippen molar-refractivity contribution in [3.63, 3.8) is 0 Å². The molecule has 1 unspecified atom stereocenters. The molecule has 0 spiro atoms. The fourth-order valence-corrected chi connectivity index (χ4v) is 3.60. The van der Waals surface area contributed by atoms with Gasteiger partial charge in [-0.25, -0.2) is 26.7 Å². The molecule has 0 aliphatic carbocycles. The van der Waals surface area contributed by atoms with E-state index in [1.807, 2.05) is 0 Å². The zero-order chi connectivity index (χ0) is 20.9. The zero-order valence-electron chi connectivity index (χ0n) is 14.6.